The molecule has 0 saturated carbocycles. The van der Waals surface area contributed by atoms with Crippen LogP contribution in [-0.4, -0.2) is 26.5 Å². The van der Waals surface area contributed by atoms with Gasteiger partial charge in [0.15, 0.2) is 5.78 Å². The summed E-state index contributed by atoms with van der Waals surface area (Å²) in [6.45, 7) is 18.7. The molecule has 0 bridgehead atoms. The number of hydrogen-bond donors (Lipinski definition) is 1. The molecule has 0 aliphatic heterocycles. The van der Waals surface area contributed by atoms with Crippen molar-refractivity contribution in [1.82, 2.24) is 9.38 Å². The molecule has 0 saturated heterocycles. The number of ketones is 1. The topological polar surface area (TPSA) is 54.6 Å². The summed E-state index contributed by atoms with van der Waals surface area (Å²) in [4.78, 5) is 17.2. The first-order chi connectivity index (χ1) is 26.3. The van der Waals surface area contributed by atoms with Gasteiger partial charge >= 0.3 is 6.18 Å². The number of aliphatic hydroxyl groups is 1. The average molecular weight is 952 g/mol. The van der Waals surface area contributed by atoms with Crippen molar-refractivity contribution in [3.05, 3.63) is 107 Å². The van der Waals surface area contributed by atoms with Crippen LogP contribution >= 0.6 is 0 Å². The zero-order chi connectivity index (χ0) is 41.0. The van der Waals surface area contributed by atoms with Gasteiger partial charge in [0.05, 0.1) is 22.0 Å². The number of carbonyl (C=O) groups excluding carboxylic acids is 1. The van der Waals surface area contributed by atoms with Crippen LogP contribution in [0.1, 0.15) is 97.8 Å². The van der Waals surface area contributed by atoms with Gasteiger partial charge in [-0.15, -0.1) is 34.9 Å². The number of para-hydroxylation sites is 1. The van der Waals surface area contributed by atoms with Gasteiger partial charge in [0.1, 0.15) is 5.76 Å². The van der Waals surface area contributed by atoms with Gasteiger partial charge in [-0.25, -0.2) is 0 Å². The second-order valence-electron chi connectivity index (χ2n) is 16.9. The number of nitrogens with zero attached hydrogens (tertiary/aromatic N) is 2. The van der Waals surface area contributed by atoms with Crippen molar-refractivity contribution in [1.29, 1.82) is 0 Å². The largest absolute Gasteiger partial charge is 0.512 e. The Morgan fingerprint density at radius 3 is 1.96 bits per heavy atom. The quantitative estimate of drug-likeness (QED) is 0.0489. The maximum Gasteiger partial charge on any atom is 0.394 e. The van der Waals surface area contributed by atoms with Gasteiger partial charge in [0.25, 0.3) is 0 Å². The molecule has 3 heterocycles. The minimum Gasteiger partial charge on any atom is -0.512 e. The third-order valence-corrected chi connectivity index (χ3v) is 12.6. The van der Waals surface area contributed by atoms with Crippen molar-refractivity contribution in [3.63, 3.8) is 0 Å². The fourth-order valence-corrected chi connectivity index (χ4v) is 7.83. The number of hydrogen-bond acceptors (Lipinski definition) is 3. The molecule has 303 valence electrons. The van der Waals surface area contributed by atoms with Crippen LogP contribution in [0.25, 0.3) is 60.3 Å². The molecule has 1 N–H and O–H groups in total. The molecule has 0 atom stereocenters. The molecule has 7 rings (SSSR count). The number of aromatic nitrogens is 2. The van der Waals surface area contributed by atoms with Crippen LogP contribution in [0, 0.1) is 36.2 Å². The zero-order valence-electron chi connectivity index (χ0n) is 34.8. The maximum atomic E-state index is 13.7. The Hall–Kier alpha value is -4.26. The molecular weight excluding hydrogens is 898 g/mol. The van der Waals surface area contributed by atoms with Crippen molar-refractivity contribution < 1.29 is 43.2 Å². The van der Waals surface area contributed by atoms with Crippen LogP contribution < -0.4 is 0 Å². The predicted octanol–water partition coefficient (Wildman–Crippen LogP) is 14.2. The van der Waals surface area contributed by atoms with Gasteiger partial charge in [-0.2, -0.15) is 13.2 Å². The van der Waals surface area contributed by atoms with Gasteiger partial charge in [0.2, 0.25) is 0 Å². The normalized spacial score (nSPS) is 13.1. The molecular formula is C49H54F3IrN2O2-. The standard InChI is InChI=1S/C34H26F3N2.C15H28O2.Ir/c1-19-13-20(2)15-22(14-19)28-17-30-31-23(7-6-10-27(31)38-28)24-8-5-9-25-26-16-21(18-33(3,4)34(35,36)37)11-12-29(26)39(30)32(24)25;1-7-14(5,8-2)12(16)11-13(17)15(6,9-3)10-4;/h5-14,16-17H,18H2,1-4H3;11,16H,7-10H2,1-6H3;/q-1;;/b;12-11-;. The molecule has 7 aromatic rings. The van der Waals surface area contributed by atoms with Gasteiger partial charge in [-0.3, -0.25) is 9.78 Å². The second kappa shape index (κ2) is 16.2. The van der Waals surface area contributed by atoms with Crippen LogP contribution in [0.5, 0.6) is 0 Å². The van der Waals surface area contributed by atoms with Crippen LogP contribution in [0.3, 0.4) is 0 Å². The number of alkyl halides is 3. The van der Waals surface area contributed by atoms with E-state index >= 15 is 0 Å². The Morgan fingerprint density at radius 2 is 1.37 bits per heavy atom. The Balaban J connectivity index is 0.000000295. The van der Waals surface area contributed by atoms with E-state index in [4.69, 9.17) is 4.98 Å². The van der Waals surface area contributed by atoms with E-state index in [1.165, 1.54) is 19.9 Å². The fourth-order valence-electron chi connectivity index (χ4n) is 7.83. The fraction of sp³-hybridized carbons (Fsp3) is 0.388. The van der Waals surface area contributed by atoms with Crippen LogP contribution in [0.2, 0.25) is 0 Å². The van der Waals surface area contributed by atoms with E-state index in [-0.39, 0.29) is 48.9 Å². The summed E-state index contributed by atoms with van der Waals surface area (Å²) < 4.78 is 43.4. The molecule has 0 unspecified atom stereocenters. The summed E-state index contributed by atoms with van der Waals surface area (Å²) in [6, 6.07) is 28.0. The van der Waals surface area contributed by atoms with E-state index in [0.717, 1.165) is 97.1 Å². The van der Waals surface area contributed by atoms with E-state index in [1.54, 1.807) is 0 Å². The summed E-state index contributed by atoms with van der Waals surface area (Å²) in [5.41, 5.74) is 6.24. The minimum absolute atomic E-state index is 0. The number of pyridine rings is 2. The van der Waals surface area contributed by atoms with E-state index < -0.39 is 11.6 Å². The number of rotatable bonds is 10. The van der Waals surface area contributed by atoms with Crippen molar-refractivity contribution in [3.8, 4) is 11.3 Å². The number of benzene rings is 4. The molecule has 0 fully saturated rings. The number of allylic oxidation sites excluding steroid dienone is 2. The second-order valence-corrected chi connectivity index (χ2v) is 16.9. The van der Waals surface area contributed by atoms with Gasteiger partial charge < -0.3 is 9.51 Å². The smallest absolute Gasteiger partial charge is 0.394 e. The molecule has 0 aliphatic rings. The summed E-state index contributed by atoms with van der Waals surface area (Å²) >= 11 is 0. The van der Waals surface area contributed by atoms with E-state index in [0.29, 0.717) is 5.56 Å². The van der Waals surface area contributed by atoms with Gasteiger partial charge in [-0.1, -0.05) is 112 Å². The third kappa shape index (κ3) is 7.97. The number of fused-ring (bicyclic) bond motifs is 5. The summed E-state index contributed by atoms with van der Waals surface area (Å²) in [7, 11) is 0. The Labute approximate surface area is 348 Å². The molecule has 57 heavy (non-hydrogen) atoms. The molecule has 8 heteroatoms. The SMILES string of the molecule is CCC(C)(CC)C(=O)/C=C(\O)C(C)(CC)CC.Cc1[c-]c(-c2cc3c4c(cccc4c4cccc5c6cc(CC(C)(C)C(F)(F)F)ccc6n3c45)n2)cc(C)c1.[Ir]. The predicted molar refractivity (Wildman–Crippen MR) is 227 cm³/mol. The number of aliphatic hydroxyl groups excluding tert-OH is 1. The maximum absolute atomic E-state index is 13.7. The molecule has 4 nitrogen and oxygen atoms in total. The zero-order valence-corrected chi connectivity index (χ0v) is 37.2. The molecule has 1 radical (unpaired) electrons. The minimum atomic E-state index is -4.28. The number of aryl methyl sites for hydroxylation is 2. The van der Waals surface area contributed by atoms with Crippen LogP contribution in [0.15, 0.2) is 84.6 Å². The summed E-state index contributed by atoms with van der Waals surface area (Å²) in [5, 5.41) is 15.4. The van der Waals surface area contributed by atoms with Crippen LogP contribution in [0.4, 0.5) is 13.2 Å². The first-order valence-electron chi connectivity index (χ1n) is 19.8. The van der Waals surface area contributed by atoms with Crippen molar-refractivity contribution in [2.75, 3.05) is 0 Å². The van der Waals surface area contributed by atoms with E-state index in [1.807, 2.05) is 84.9 Å². The Kier molecular flexibility index (Phi) is 12.4. The molecule has 4 aromatic carbocycles. The molecule has 0 aliphatic carbocycles. The van der Waals surface area contributed by atoms with E-state index in [9.17, 15) is 23.1 Å². The molecule has 0 amide bonds. The van der Waals surface area contributed by atoms with Gasteiger partial charge in [-0.05, 0) is 66.9 Å². The third-order valence-electron chi connectivity index (χ3n) is 12.6. The van der Waals surface area contributed by atoms with Gasteiger partial charge in [0, 0.05) is 64.1 Å². The van der Waals surface area contributed by atoms with Crippen molar-refractivity contribution in [2.24, 2.45) is 16.2 Å². The Bertz CT molecular complexity index is 2590. The number of carbonyl (C=O) groups is 1. The Morgan fingerprint density at radius 1 is 0.772 bits per heavy atom. The average Bonchev–Trinajstić information content (AvgIpc) is 3.49. The summed E-state index contributed by atoms with van der Waals surface area (Å²) in [5.74, 6) is 0.286. The van der Waals surface area contributed by atoms with Crippen molar-refractivity contribution in [2.45, 2.75) is 108 Å². The first kappa shape index (κ1) is 43.9. The summed E-state index contributed by atoms with van der Waals surface area (Å²) in [6.07, 6.45) is 0.396. The molecule has 3 aromatic heterocycles. The first-order valence-corrected chi connectivity index (χ1v) is 19.8. The molecule has 0 spiro atoms. The van der Waals surface area contributed by atoms with Crippen molar-refractivity contribution >= 4 is 54.8 Å². The van der Waals surface area contributed by atoms with Crippen LogP contribution in [-0.2, 0) is 31.3 Å². The van der Waals surface area contributed by atoms with E-state index in [2.05, 4.69) is 53.8 Å². The number of halogens is 3. The monoisotopic (exact) mass is 952 g/mol.